The van der Waals surface area contributed by atoms with Crippen LogP contribution in [0, 0.1) is 17.7 Å². The summed E-state index contributed by atoms with van der Waals surface area (Å²) in [5, 5.41) is 0.117. The van der Waals surface area contributed by atoms with E-state index in [1.165, 1.54) is 57.1 Å². The Hall–Kier alpha value is -1.74. The highest BCUT2D eigenvalue weighted by molar-refractivity contribution is 6.30. The predicted octanol–water partition coefficient (Wildman–Crippen LogP) is 7.03. The molecule has 0 saturated heterocycles. The molecule has 1 aliphatic carbocycles. The first kappa shape index (κ1) is 20.0. The maximum Gasteiger partial charge on any atom is 0.159 e. The molecule has 1 aromatic carbocycles. The summed E-state index contributed by atoms with van der Waals surface area (Å²) in [5.41, 5.74) is 1.80. The van der Waals surface area contributed by atoms with Crippen LogP contribution in [0.1, 0.15) is 57.4 Å². The molecule has 0 bridgehead atoms. The van der Waals surface area contributed by atoms with Gasteiger partial charge in [-0.15, -0.1) is 0 Å². The molecule has 0 unspecified atom stereocenters. The SMILES string of the molecule is CCCC=C[C@H]1CC[C@H](CCc2cnc(-c3ccc(Cl)c(F)c3)nc2)CC1. The second-order valence-corrected chi connectivity index (χ2v) is 7.99. The molecule has 0 N–H and O–H groups in total. The van der Waals surface area contributed by atoms with Crippen molar-refractivity contribution < 1.29 is 4.39 Å². The number of benzene rings is 1. The summed E-state index contributed by atoms with van der Waals surface area (Å²) in [6.45, 7) is 2.23. The van der Waals surface area contributed by atoms with Gasteiger partial charge in [-0.2, -0.15) is 0 Å². The van der Waals surface area contributed by atoms with E-state index in [9.17, 15) is 4.39 Å². The number of unbranched alkanes of at least 4 members (excludes halogenated alkanes) is 1. The van der Waals surface area contributed by atoms with E-state index in [1.807, 2.05) is 12.4 Å². The first-order valence-corrected chi connectivity index (χ1v) is 10.5. The highest BCUT2D eigenvalue weighted by atomic mass is 35.5. The maximum absolute atomic E-state index is 13.6. The van der Waals surface area contributed by atoms with Crippen molar-refractivity contribution in [3.05, 3.63) is 59.1 Å². The molecular weight excluding hydrogens is 359 g/mol. The van der Waals surface area contributed by atoms with Gasteiger partial charge in [0, 0.05) is 18.0 Å². The zero-order chi connectivity index (χ0) is 19.1. The van der Waals surface area contributed by atoms with Crippen LogP contribution in [-0.4, -0.2) is 9.97 Å². The minimum absolute atomic E-state index is 0.117. The summed E-state index contributed by atoms with van der Waals surface area (Å²) < 4.78 is 13.6. The second kappa shape index (κ2) is 9.98. The molecule has 4 heteroatoms. The van der Waals surface area contributed by atoms with Crippen LogP contribution in [0.25, 0.3) is 11.4 Å². The van der Waals surface area contributed by atoms with Crippen LogP contribution in [0.15, 0.2) is 42.7 Å². The first-order valence-electron chi connectivity index (χ1n) is 10.1. The van der Waals surface area contributed by atoms with Crippen LogP contribution < -0.4 is 0 Å². The van der Waals surface area contributed by atoms with E-state index in [0.29, 0.717) is 11.4 Å². The molecular formula is C23H28ClFN2. The summed E-state index contributed by atoms with van der Waals surface area (Å²) in [6, 6.07) is 4.66. The van der Waals surface area contributed by atoms with Crippen molar-refractivity contribution in [3.8, 4) is 11.4 Å². The molecule has 0 radical (unpaired) electrons. The number of allylic oxidation sites excluding steroid dienone is 2. The van der Waals surface area contributed by atoms with E-state index in [4.69, 9.17) is 11.6 Å². The first-order chi connectivity index (χ1) is 13.2. The van der Waals surface area contributed by atoms with Gasteiger partial charge in [0.25, 0.3) is 0 Å². The molecule has 1 aliphatic rings. The normalized spacial score (nSPS) is 20.3. The number of aromatic nitrogens is 2. The van der Waals surface area contributed by atoms with Crippen molar-refractivity contribution in [1.29, 1.82) is 0 Å². The fraction of sp³-hybridized carbons (Fsp3) is 0.478. The summed E-state index contributed by atoms with van der Waals surface area (Å²) in [5.74, 6) is 1.69. The number of rotatable bonds is 7. The number of nitrogens with zero attached hydrogens (tertiary/aromatic N) is 2. The van der Waals surface area contributed by atoms with Crippen molar-refractivity contribution in [1.82, 2.24) is 9.97 Å². The molecule has 144 valence electrons. The zero-order valence-electron chi connectivity index (χ0n) is 16.0. The van der Waals surface area contributed by atoms with E-state index in [2.05, 4.69) is 29.0 Å². The van der Waals surface area contributed by atoms with E-state index in [0.717, 1.165) is 23.8 Å². The van der Waals surface area contributed by atoms with Crippen molar-refractivity contribution >= 4 is 11.6 Å². The van der Waals surface area contributed by atoms with Gasteiger partial charge in [-0.25, -0.2) is 14.4 Å². The monoisotopic (exact) mass is 386 g/mol. The van der Waals surface area contributed by atoms with Crippen molar-refractivity contribution in [3.63, 3.8) is 0 Å². The molecule has 0 amide bonds. The van der Waals surface area contributed by atoms with Gasteiger partial charge in [0.2, 0.25) is 0 Å². The minimum atomic E-state index is -0.443. The van der Waals surface area contributed by atoms with E-state index in [1.54, 1.807) is 6.07 Å². The number of aryl methyl sites for hydroxylation is 1. The van der Waals surface area contributed by atoms with Gasteiger partial charge in [-0.3, -0.25) is 0 Å². The topological polar surface area (TPSA) is 25.8 Å². The summed E-state index contributed by atoms with van der Waals surface area (Å²) in [4.78, 5) is 8.81. The Bertz CT molecular complexity index is 749. The molecule has 0 atom stereocenters. The van der Waals surface area contributed by atoms with Gasteiger partial charge in [0.05, 0.1) is 5.02 Å². The van der Waals surface area contributed by atoms with Crippen LogP contribution in [-0.2, 0) is 6.42 Å². The largest absolute Gasteiger partial charge is 0.236 e. The molecule has 1 fully saturated rings. The van der Waals surface area contributed by atoms with Crippen LogP contribution in [0.3, 0.4) is 0 Å². The van der Waals surface area contributed by atoms with Gasteiger partial charge in [0.1, 0.15) is 5.82 Å². The Morgan fingerprint density at radius 2 is 1.89 bits per heavy atom. The Morgan fingerprint density at radius 3 is 2.56 bits per heavy atom. The molecule has 1 heterocycles. The van der Waals surface area contributed by atoms with E-state index < -0.39 is 5.82 Å². The van der Waals surface area contributed by atoms with Crippen LogP contribution >= 0.6 is 11.6 Å². The number of halogens is 2. The Kier molecular flexibility index (Phi) is 7.40. The molecule has 27 heavy (non-hydrogen) atoms. The highest BCUT2D eigenvalue weighted by Crippen LogP contribution is 2.32. The molecule has 0 spiro atoms. The van der Waals surface area contributed by atoms with Gasteiger partial charge in [0.15, 0.2) is 5.82 Å². The van der Waals surface area contributed by atoms with Gasteiger partial charge in [-0.1, -0.05) is 37.1 Å². The Morgan fingerprint density at radius 1 is 1.15 bits per heavy atom. The Labute approximate surface area is 166 Å². The maximum atomic E-state index is 13.6. The molecule has 1 aromatic heterocycles. The smallest absolute Gasteiger partial charge is 0.159 e. The lowest BCUT2D eigenvalue weighted by atomic mass is 9.79. The molecule has 2 nitrogen and oxygen atoms in total. The number of hydrogen-bond acceptors (Lipinski definition) is 2. The van der Waals surface area contributed by atoms with E-state index >= 15 is 0 Å². The van der Waals surface area contributed by atoms with Crippen LogP contribution in [0.5, 0.6) is 0 Å². The lowest BCUT2D eigenvalue weighted by Gasteiger charge is -2.26. The van der Waals surface area contributed by atoms with Crippen LogP contribution in [0.2, 0.25) is 5.02 Å². The third-order valence-corrected chi connectivity index (χ3v) is 5.79. The fourth-order valence-corrected chi connectivity index (χ4v) is 3.88. The highest BCUT2D eigenvalue weighted by Gasteiger charge is 2.19. The summed E-state index contributed by atoms with van der Waals surface area (Å²) >= 11 is 5.73. The second-order valence-electron chi connectivity index (χ2n) is 7.58. The van der Waals surface area contributed by atoms with E-state index in [-0.39, 0.29) is 5.02 Å². The Balaban J connectivity index is 1.47. The van der Waals surface area contributed by atoms with Gasteiger partial charge < -0.3 is 0 Å². The quantitative estimate of drug-likeness (QED) is 0.477. The summed E-state index contributed by atoms with van der Waals surface area (Å²) in [6.07, 6.45) is 18.5. The van der Waals surface area contributed by atoms with Gasteiger partial charge in [-0.05, 0) is 80.5 Å². The van der Waals surface area contributed by atoms with Crippen molar-refractivity contribution in [2.75, 3.05) is 0 Å². The molecule has 1 saturated carbocycles. The molecule has 3 rings (SSSR count). The summed E-state index contributed by atoms with van der Waals surface area (Å²) in [7, 11) is 0. The minimum Gasteiger partial charge on any atom is -0.236 e. The average molecular weight is 387 g/mol. The van der Waals surface area contributed by atoms with Gasteiger partial charge >= 0.3 is 0 Å². The van der Waals surface area contributed by atoms with Crippen LogP contribution in [0.4, 0.5) is 4.39 Å². The third-order valence-electron chi connectivity index (χ3n) is 5.48. The predicted molar refractivity (Wildman–Crippen MR) is 110 cm³/mol. The standard InChI is InChI=1S/C23H28ClFN2/c1-2-3-4-5-17-6-8-18(9-7-17)10-11-19-15-26-23(27-16-19)20-12-13-21(24)22(25)14-20/h4-5,12-18H,2-3,6-11H2,1H3/t17-,18-. The molecule has 0 aliphatic heterocycles. The van der Waals surface area contributed by atoms with Crippen molar-refractivity contribution in [2.45, 2.75) is 58.3 Å². The van der Waals surface area contributed by atoms with Crippen molar-refractivity contribution in [2.24, 2.45) is 11.8 Å². The molecule has 2 aromatic rings. The fourth-order valence-electron chi connectivity index (χ4n) is 3.76. The lowest BCUT2D eigenvalue weighted by Crippen LogP contribution is -2.13. The lowest BCUT2D eigenvalue weighted by molar-refractivity contribution is 0.296. The zero-order valence-corrected chi connectivity index (χ0v) is 16.8. The number of hydrogen-bond donors (Lipinski definition) is 0. The average Bonchev–Trinajstić information content (AvgIpc) is 2.70. The third kappa shape index (κ3) is 5.87.